The number of carbonyl (C=O) groups is 2. The number of rotatable bonds is 5. The summed E-state index contributed by atoms with van der Waals surface area (Å²) in [5, 5.41) is 2.40. The molecule has 1 aromatic heterocycles. The summed E-state index contributed by atoms with van der Waals surface area (Å²) < 4.78 is 15.1. The molecular weight excluding hydrogens is 286 g/mol. The highest BCUT2D eigenvalue weighted by Crippen LogP contribution is 2.18. The van der Waals surface area contributed by atoms with Gasteiger partial charge in [-0.05, 0) is 24.6 Å². The molecule has 0 aliphatic heterocycles. The topological polar surface area (TPSA) is 77.8 Å². The summed E-state index contributed by atoms with van der Waals surface area (Å²) in [6, 6.07) is 11.5. The molecule has 0 radical (unpaired) electrons. The number of carbonyl (C=O) groups excluding carboxylic acids is 2. The molecule has 22 heavy (non-hydrogen) atoms. The van der Waals surface area contributed by atoms with E-state index in [2.05, 4.69) is 10.1 Å². The highest BCUT2D eigenvalue weighted by atomic mass is 16.5. The minimum absolute atomic E-state index is 0.110. The highest BCUT2D eigenvalue weighted by Gasteiger charge is 2.27. The van der Waals surface area contributed by atoms with Crippen LogP contribution in [0, 0.1) is 6.92 Å². The van der Waals surface area contributed by atoms with E-state index >= 15 is 0 Å². The number of amides is 1. The van der Waals surface area contributed by atoms with Gasteiger partial charge in [-0.3, -0.25) is 0 Å². The molecule has 0 fully saturated rings. The average molecular weight is 303 g/mol. The van der Waals surface area contributed by atoms with Crippen molar-refractivity contribution in [3.63, 3.8) is 0 Å². The van der Waals surface area contributed by atoms with Crippen LogP contribution in [0.3, 0.4) is 0 Å². The van der Waals surface area contributed by atoms with Crippen molar-refractivity contribution in [3.05, 3.63) is 59.5 Å². The Morgan fingerprint density at radius 2 is 1.91 bits per heavy atom. The first-order valence-electron chi connectivity index (χ1n) is 6.71. The van der Waals surface area contributed by atoms with Crippen molar-refractivity contribution in [1.29, 1.82) is 0 Å². The van der Waals surface area contributed by atoms with Crippen LogP contribution in [0.5, 0.6) is 0 Å². The Hall–Kier alpha value is -2.76. The maximum Gasteiger partial charge on any atom is 0.407 e. The Bertz CT molecular complexity index is 635. The number of esters is 1. The number of alkyl carbamates (subject to hydrolysis) is 1. The number of hydrogen-bond donors (Lipinski definition) is 1. The smallest absolute Gasteiger partial charge is 0.407 e. The summed E-state index contributed by atoms with van der Waals surface area (Å²) in [7, 11) is 1.22. The quantitative estimate of drug-likeness (QED) is 0.859. The standard InChI is InChI=1S/C16H17NO5/c1-11-8-9-13(22-11)14(17-16(19)20-2)15(18)21-10-12-6-4-3-5-7-12/h3-9,14H,10H2,1-2H3,(H,17,19)/t14-/m1/s1. The van der Waals surface area contributed by atoms with Gasteiger partial charge in [-0.1, -0.05) is 30.3 Å². The van der Waals surface area contributed by atoms with Gasteiger partial charge in [0.2, 0.25) is 0 Å². The summed E-state index contributed by atoms with van der Waals surface area (Å²) in [5.41, 5.74) is 0.850. The summed E-state index contributed by atoms with van der Waals surface area (Å²) >= 11 is 0. The Morgan fingerprint density at radius 3 is 2.50 bits per heavy atom. The largest absolute Gasteiger partial charge is 0.464 e. The number of furan rings is 1. The third-order valence-corrected chi connectivity index (χ3v) is 2.95. The summed E-state index contributed by atoms with van der Waals surface area (Å²) in [6.45, 7) is 1.85. The molecule has 0 aliphatic carbocycles. The second-order valence-corrected chi connectivity index (χ2v) is 4.61. The Balaban J connectivity index is 2.07. The Kier molecular flexibility index (Phi) is 5.19. The van der Waals surface area contributed by atoms with Gasteiger partial charge >= 0.3 is 12.1 Å². The molecule has 2 aromatic rings. The van der Waals surface area contributed by atoms with Crippen LogP contribution in [0.2, 0.25) is 0 Å². The van der Waals surface area contributed by atoms with Gasteiger partial charge in [-0.15, -0.1) is 0 Å². The maximum atomic E-state index is 12.2. The summed E-state index contributed by atoms with van der Waals surface area (Å²) in [6.07, 6.45) is -0.740. The molecule has 1 atom stereocenters. The molecule has 2 rings (SSSR count). The zero-order chi connectivity index (χ0) is 15.9. The summed E-state index contributed by atoms with van der Waals surface area (Å²) in [5.74, 6) is 0.298. The predicted octanol–water partition coefficient (Wildman–Crippen LogP) is 2.73. The van der Waals surface area contributed by atoms with Gasteiger partial charge in [0.15, 0.2) is 6.04 Å². The van der Waals surface area contributed by atoms with Crippen molar-refractivity contribution >= 4 is 12.1 Å². The van der Waals surface area contributed by atoms with E-state index in [1.54, 1.807) is 19.1 Å². The molecule has 0 saturated heterocycles. The van der Waals surface area contributed by atoms with Crippen molar-refractivity contribution in [2.75, 3.05) is 7.11 Å². The molecule has 116 valence electrons. The van der Waals surface area contributed by atoms with E-state index in [-0.39, 0.29) is 6.61 Å². The van der Waals surface area contributed by atoms with E-state index in [9.17, 15) is 9.59 Å². The van der Waals surface area contributed by atoms with E-state index in [1.165, 1.54) is 7.11 Å². The Morgan fingerprint density at radius 1 is 1.18 bits per heavy atom. The number of nitrogens with one attached hydrogen (secondary N) is 1. The van der Waals surface area contributed by atoms with E-state index in [0.717, 1.165) is 5.56 Å². The van der Waals surface area contributed by atoms with Crippen LogP contribution in [-0.4, -0.2) is 19.2 Å². The third kappa shape index (κ3) is 4.12. The van der Waals surface area contributed by atoms with E-state index in [1.807, 2.05) is 30.3 Å². The normalized spacial score (nSPS) is 11.5. The van der Waals surface area contributed by atoms with Crippen molar-refractivity contribution < 1.29 is 23.5 Å². The van der Waals surface area contributed by atoms with Crippen LogP contribution >= 0.6 is 0 Å². The zero-order valence-corrected chi connectivity index (χ0v) is 12.4. The van der Waals surface area contributed by atoms with Crippen LogP contribution in [0.15, 0.2) is 46.9 Å². The molecule has 0 aliphatic rings. The fraction of sp³-hybridized carbons (Fsp3) is 0.250. The molecule has 1 aromatic carbocycles. The van der Waals surface area contributed by atoms with Gasteiger partial charge in [-0.2, -0.15) is 0 Å². The first-order valence-corrected chi connectivity index (χ1v) is 6.71. The third-order valence-electron chi connectivity index (χ3n) is 2.95. The number of methoxy groups -OCH3 is 1. The molecule has 0 unspecified atom stereocenters. The fourth-order valence-electron chi connectivity index (χ4n) is 1.84. The lowest BCUT2D eigenvalue weighted by atomic mass is 10.2. The van der Waals surface area contributed by atoms with Crippen LogP contribution in [0.25, 0.3) is 0 Å². The number of hydrogen-bond acceptors (Lipinski definition) is 5. The van der Waals surface area contributed by atoms with Crippen LogP contribution < -0.4 is 5.32 Å². The van der Waals surface area contributed by atoms with Crippen molar-refractivity contribution in [2.45, 2.75) is 19.6 Å². The minimum Gasteiger partial charge on any atom is -0.464 e. The number of ether oxygens (including phenoxy) is 2. The second-order valence-electron chi connectivity index (χ2n) is 4.61. The first kappa shape index (κ1) is 15.6. The fourth-order valence-corrected chi connectivity index (χ4v) is 1.84. The lowest BCUT2D eigenvalue weighted by Crippen LogP contribution is -2.34. The SMILES string of the molecule is COC(=O)N[C@@H](C(=O)OCc1ccccc1)c1ccc(C)o1. The number of benzene rings is 1. The lowest BCUT2D eigenvalue weighted by molar-refractivity contribution is -0.148. The Labute approximate surface area is 128 Å². The van der Waals surface area contributed by atoms with Gasteiger partial charge in [-0.25, -0.2) is 9.59 Å². The van der Waals surface area contributed by atoms with E-state index < -0.39 is 18.1 Å². The minimum atomic E-state index is -1.05. The van der Waals surface area contributed by atoms with Crippen molar-refractivity contribution in [3.8, 4) is 0 Å². The summed E-state index contributed by atoms with van der Waals surface area (Å²) in [4.78, 5) is 23.6. The van der Waals surface area contributed by atoms with Crippen LogP contribution in [0.4, 0.5) is 4.79 Å². The lowest BCUT2D eigenvalue weighted by Gasteiger charge is -2.15. The molecule has 1 heterocycles. The number of aryl methyl sites for hydroxylation is 1. The highest BCUT2D eigenvalue weighted by molar-refractivity contribution is 5.82. The second kappa shape index (κ2) is 7.31. The van der Waals surface area contributed by atoms with Gasteiger partial charge in [0.25, 0.3) is 0 Å². The maximum absolute atomic E-state index is 12.2. The molecule has 0 bridgehead atoms. The van der Waals surface area contributed by atoms with Crippen molar-refractivity contribution in [2.24, 2.45) is 0 Å². The van der Waals surface area contributed by atoms with Gasteiger partial charge in [0, 0.05) is 0 Å². The molecule has 6 nitrogen and oxygen atoms in total. The first-order chi connectivity index (χ1) is 10.6. The molecule has 0 spiro atoms. The van der Waals surface area contributed by atoms with Gasteiger partial charge < -0.3 is 19.2 Å². The molecule has 0 saturated carbocycles. The molecular formula is C16H17NO5. The average Bonchev–Trinajstić information content (AvgIpc) is 2.97. The molecule has 1 amide bonds. The van der Waals surface area contributed by atoms with Crippen LogP contribution in [0.1, 0.15) is 23.1 Å². The monoisotopic (exact) mass is 303 g/mol. The molecule has 1 N–H and O–H groups in total. The van der Waals surface area contributed by atoms with E-state index in [4.69, 9.17) is 9.15 Å². The predicted molar refractivity (Wildman–Crippen MR) is 78.0 cm³/mol. The van der Waals surface area contributed by atoms with Crippen molar-refractivity contribution in [1.82, 2.24) is 5.32 Å². The van der Waals surface area contributed by atoms with Gasteiger partial charge in [0.1, 0.15) is 18.1 Å². The van der Waals surface area contributed by atoms with E-state index in [0.29, 0.717) is 11.5 Å². The van der Waals surface area contributed by atoms with Gasteiger partial charge in [0.05, 0.1) is 7.11 Å². The molecule has 6 heteroatoms. The zero-order valence-electron chi connectivity index (χ0n) is 12.4. The van der Waals surface area contributed by atoms with Crippen LogP contribution in [-0.2, 0) is 20.9 Å².